The second-order valence-corrected chi connectivity index (χ2v) is 9.39. The number of aromatic amines is 1. The van der Waals surface area contributed by atoms with Crippen LogP contribution < -0.4 is 33.2 Å². The number of amides is 3. The topological polar surface area (TPSA) is 284 Å². The van der Waals surface area contributed by atoms with Gasteiger partial charge in [-0.3, -0.25) is 19.4 Å². The molecule has 5 atom stereocenters. The normalized spacial score (nSPS) is 14.5. The molecule has 0 radical (unpaired) electrons. The third-order valence-corrected chi connectivity index (χ3v) is 5.97. The maximum absolute atomic E-state index is 13.2. The molecule has 0 spiro atoms. The largest absolute Gasteiger partial charge is 0.508 e. The van der Waals surface area contributed by atoms with Crippen molar-refractivity contribution in [2.45, 2.75) is 62.9 Å². The fourth-order valence-electron chi connectivity index (χ4n) is 3.74. The number of aliphatic hydroxyl groups excluding tert-OH is 1. The van der Waals surface area contributed by atoms with Crippen LogP contribution in [-0.4, -0.2) is 91.8 Å². The number of nitrogens with zero attached hydrogens (tertiary/aromatic N) is 2. The van der Waals surface area contributed by atoms with Crippen molar-refractivity contribution in [2.75, 3.05) is 6.54 Å². The minimum absolute atomic E-state index is 0.0178. The number of imidazole rings is 1. The van der Waals surface area contributed by atoms with Crippen molar-refractivity contribution in [3.63, 3.8) is 0 Å². The van der Waals surface area contributed by atoms with Crippen molar-refractivity contribution in [2.24, 2.45) is 22.2 Å². The molecule has 13 N–H and O–H groups in total. The van der Waals surface area contributed by atoms with Crippen LogP contribution in [0.5, 0.6) is 5.75 Å². The molecule has 0 aliphatic carbocycles. The van der Waals surface area contributed by atoms with E-state index in [4.69, 9.17) is 17.2 Å². The Morgan fingerprint density at radius 1 is 1.00 bits per heavy atom. The van der Waals surface area contributed by atoms with E-state index in [9.17, 15) is 34.5 Å². The number of carboxylic acid groups (broad SMARTS) is 1. The first-order valence-corrected chi connectivity index (χ1v) is 12.8. The third-order valence-electron chi connectivity index (χ3n) is 5.97. The minimum atomic E-state index is -1.48. The number of hydrogen-bond donors (Lipinski definition) is 10. The Kier molecular flexibility index (Phi) is 12.5. The molecule has 5 unspecified atom stereocenters. The molecular weight excluding hydrogens is 538 g/mol. The summed E-state index contributed by atoms with van der Waals surface area (Å²) < 4.78 is 0. The van der Waals surface area contributed by atoms with Crippen LogP contribution in [-0.2, 0) is 32.0 Å². The van der Waals surface area contributed by atoms with Crippen molar-refractivity contribution in [1.29, 1.82) is 0 Å². The number of carbonyl (C=O) groups is 4. The first-order chi connectivity index (χ1) is 19.4. The number of hydrogen-bond acceptors (Lipinski definition) is 9. The van der Waals surface area contributed by atoms with Crippen molar-refractivity contribution >= 4 is 29.7 Å². The van der Waals surface area contributed by atoms with E-state index in [-0.39, 0.29) is 37.5 Å². The number of benzene rings is 1. The minimum Gasteiger partial charge on any atom is -0.508 e. The zero-order valence-corrected chi connectivity index (χ0v) is 22.5. The van der Waals surface area contributed by atoms with Gasteiger partial charge < -0.3 is 53.5 Å². The van der Waals surface area contributed by atoms with Crippen molar-refractivity contribution in [3.05, 3.63) is 48.0 Å². The summed E-state index contributed by atoms with van der Waals surface area (Å²) in [5.74, 6) is -3.89. The Hall–Kier alpha value is -4.70. The number of H-pyrrole nitrogens is 1. The van der Waals surface area contributed by atoms with E-state index in [2.05, 4.69) is 30.9 Å². The summed E-state index contributed by atoms with van der Waals surface area (Å²) in [5.41, 5.74) is 17.4. The van der Waals surface area contributed by atoms with Crippen LogP contribution in [0.4, 0.5) is 0 Å². The van der Waals surface area contributed by atoms with E-state index in [0.29, 0.717) is 17.7 Å². The van der Waals surface area contributed by atoms with Gasteiger partial charge in [0.05, 0.1) is 18.5 Å². The molecule has 0 aliphatic heterocycles. The standard InChI is InChI=1S/C25H37N9O7/c1-13(35)20(34-21(37)17(26)3-2-8-30-25(27)28)23(39)32-18(9-14-4-6-16(36)7-5-14)22(38)33-19(24(40)41)10-15-11-29-12-31-15/h4-7,11-13,17-20,35-36H,2-3,8-10,26H2,1H3,(H,29,31)(H,32,39)(H,33,38)(H,34,37)(H,40,41)(H4,27,28,30). The highest BCUT2D eigenvalue weighted by molar-refractivity contribution is 5.94. The Bertz CT molecular complexity index is 1180. The van der Waals surface area contributed by atoms with Gasteiger partial charge in [-0.1, -0.05) is 12.1 Å². The second kappa shape index (κ2) is 15.8. The number of nitrogens with two attached hydrogens (primary N) is 3. The summed E-state index contributed by atoms with van der Waals surface area (Å²) in [6.07, 6.45) is 1.78. The molecule has 16 nitrogen and oxygen atoms in total. The summed E-state index contributed by atoms with van der Waals surface area (Å²) in [4.78, 5) is 61.3. The van der Waals surface area contributed by atoms with Gasteiger partial charge in [0, 0.05) is 31.3 Å². The van der Waals surface area contributed by atoms with E-state index in [1.807, 2.05) is 0 Å². The smallest absolute Gasteiger partial charge is 0.326 e. The van der Waals surface area contributed by atoms with Crippen molar-refractivity contribution in [3.8, 4) is 5.75 Å². The third kappa shape index (κ3) is 11.1. The zero-order valence-electron chi connectivity index (χ0n) is 22.5. The van der Waals surface area contributed by atoms with E-state index in [1.54, 1.807) is 0 Å². The number of rotatable bonds is 16. The summed E-state index contributed by atoms with van der Waals surface area (Å²) in [5, 5.41) is 36.8. The number of aromatic hydroxyl groups is 1. The summed E-state index contributed by atoms with van der Waals surface area (Å²) in [6, 6.07) is 0.630. The number of carboxylic acids is 1. The molecule has 2 aromatic rings. The molecule has 0 fully saturated rings. The van der Waals surface area contributed by atoms with Crippen molar-refractivity contribution < 1.29 is 34.5 Å². The second-order valence-electron chi connectivity index (χ2n) is 9.39. The van der Waals surface area contributed by atoms with E-state index < -0.39 is 54.0 Å². The van der Waals surface area contributed by atoms with Crippen LogP contribution in [0, 0.1) is 0 Å². The molecule has 1 aromatic carbocycles. The van der Waals surface area contributed by atoms with Crippen LogP contribution >= 0.6 is 0 Å². The number of aliphatic carboxylic acids is 1. The molecule has 2 rings (SSSR count). The molecule has 41 heavy (non-hydrogen) atoms. The lowest BCUT2D eigenvalue weighted by Crippen LogP contribution is -2.60. The number of aliphatic imine (C=N–C) groups is 1. The molecule has 1 heterocycles. The Balaban J connectivity index is 2.17. The van der Waals surface area contributed by atoms with Gasteiger partial charge in [0.15, 0.2) is 5.96 Å². The number of aromatic nitrogens is 2. The van der Waals surface area contributed by atoms with Crippen LogP contribution in [0.15, 0.2) is 41.8 Å². The summed E-state index contributed by atoms with van der Waals surface area (Å²) in [7, 11) is 0. The van der Waals surface area contributed by atoms with Gasteiger partial charge in [-0.05, 0) is 37.5 Å². The fraction of sp³-hybridized carbons (Fsp3) is 0.440. The van der Waals surface area contributed by atoms with Crippen LogP contribution in [0.1, 0.15) is 31.0 Å². The Morgan fingerprint density at radius 2 is 1.66 bits per heavy atom. The molecule has 0 aliphatic rings. The molecule has 0 saturated carbocycles. The average molecular weight is 576 g/mol. The molecule has 3 amide bonds. The molecular formula is C25H37N9O7. The van der Waals surface area contributed by atoms with Gasteiger partial charge in [0.2, 0.25) is 17.7 Å². The van der Waals surface area contributed by atoms with Crippen molar-refractivity contribution in [1.82, 2.24) is 25.9 Å². The highest BCUT2D eigenvalue weighted by Crippen LogP contribution is 2.12. The van der Waals surface area contributed by atoms with E-state index in [0.717, 1.165) is 0 Å². The number of guanidine groups is 1. The van der Waals surface area contributed by atoms with E-state index >= 15 is 0 Å². The molecule has 0 bridgehead atoms. The highest BCUT2D eigenvalue weighted by atomic mass is 16.4. The zero-order chi connectivity index (χ0) is 30.5. The monoisotopic (exact) mass is 575 g/mol. The quantitative estimate of drug-likeness (QED) is 0.0554. The lowest BCUT2D eigenvalue weighted by Gasteiger charge is -2.26. The number of aliphatic hydroxyl groups is 1. The number of phenols is 1. The molecule has 0 saturated heterocycles. The SMILES string of the molecule is CC(O)C(NC(=O)C(N)CCCN=C(N)N)C(=O)NC(Cc1ccc(O)cc1)C(=O)NC(Cc1cnc[nH]1)C(=O)O. The predicted octanol–water partition coefficient (Wildman–Crippen LogP) is -2.80. The first kappa shape index (κ1) is 32.5. The maximum Gasteiger partial charge on any atom is 0.326 e. The summed E-state index contributed by atoms with van der Waals surface area (Å²) in [6.45, 7) is 1.52. The van der Waals surface area contributed by atoms with Crippen LogP contribution in [0.25, 0.3) is 0 Å². The number of nitrogens with one attached hydrogen (secondary N) is 4. The molecule has 16 heteroatoms. The molecule has 1 aromatic heterocycles. The highest BCUT2D eigenvalue weighted by Gasteiger charge is 2.32. The number of carbonyl (C=O) groups excluding carboxylic acids is 3. The Morgan fingerprint density at radius 3 is 2.22 bits per heavy atom. The van der Waals surface area contributed by atoms with Gasteiger partial charge in [-0.15, -0.1) is 0 Å². The lowest BCUT2D eigenvalue weighted by atomic mass is 10.0. The predicted molar refractivity (Wildman–Crippen MR) is 147 cm³/mol. The first-order valence-electron chi connectivity index (χ1n) is 12.8. The summed E-state index contributed by atoms with van der Waals surface area (Å²) >= 11 is 0. The maximum atomic E-state index is 13.2. The van der Waals surface area contributed by atoms with Crippen LogP contribution in [0.2, 0.25) is 0 Å². The lowest BCUT2D eigenvalue weighted by molar-refractivity contribution is -0.142. The van der Waals surface area contributed by atoms with Gasteiger partial charge in [0.1, 0.15) is 23.9 Å². The van der Waals surface area contributed by atoms with Gasteiger partial charge in [0.25, 0.3) is 0 Å². The number of phenolic OH excluding ortho intramolecular Hbond substituents is 1. The van der Waals surface area contributed by atoms with Gasteiger partial charge in [-0.25, -0.2) is 9.78 Å². The molecule has 224 valence electrons. The van der Waals surface area contributed by atoms with Gasteiger partial charge in [-0.2, -0.15) is 0 Å². The average Bonchev–Trinajstić information content (AvgIpc) is 3.42. The Labute approximate surface area is 235 Å². The van der Waals surface area contributed by atoms with Crippen LogP contribution in [0.3, 0.4) is 0 Å². The van der Waals surface area contributed by atoms with E-state index in [1.165, 1.54) is 43.7 Å². The fourth-order valence-corrected chi connectivity index (χ4v) is 3.74. The van der Waals surface area contributed by atoms with Gasteiger partial charge >= 0.3 is 5.97 Å².